The number of likely N-dealkylation sites (tertiary alicyclic amines) is 1. The van der Waals surface area contributed by atoms with Gasteiger partial charge >= 0.3 is 5.97 Å². The average Bonchev–Trinajstić information content (AvgIpc) is 2.72. The van der Waals surface area contributed by atoms with Crippen molar-refractivity contribution >= 4 is 17.8 Å². The lowest BCUT2D eigenvalue weighted by atomic mass is 9.95. The molecule has 6 heteroatoms. The number of carbonyl (C=O) groups is 3. The molecule has 0 saturated carbocycles. The van der Waals surface area contributed by atoms with Crippen molar-refractivity contribution in [3.8, 4) is 0 Å². The number of carboxylic acid groups (broad SMARTS) is 1. The van der Waals surface area contributed by atoms with Crippen LogP contribution in [0.3, 0.4) is 0 Å². The molecule has 3 rings (SSSR count). The van der Waals surface area contributed by atoms with Gasteiger partial charge in [0.25, 0.3) is 5.91 Å². The highest BCUT2D eigenvalue weighted by molar-refractivity contribution is 5.95. The van der Waals surface area contributed by atoms with Crippen molar-refractivity contribution in [1.82, 2.24) is 10.2 Å². The van der Waals surface area contributed by atoms with Gasteiger partial charge in [0.15, 0.2) is 6.04 Å². The van der Waals surface area contributed by atoms with Crippen molar-refractivity contribution in [3.63, 3.8) is 0 Å². The van der Waals surface area contributed by atoms with E-state index in [4.69, 9.17) is 0 Å². The van der Waals surface area contributed by atoms with E-state index in [1.807, 2.05) is 6.07 Å². The molecule has 2 aromatic rings. The third kappa shape index (κ3) is 4.53. The number of carbonyl (C=O) groups excluding carboxylic acids is 2. The maximum Gasteiger partial charge on any atom is 0.330 e. The van der Waals surface area contributed by atoms with Gasteiger partial charge in [-0.15, -0.1) is 0 Å². The number of nitrogens with one attached hydrogen (secondary N) is 1. The lowest BCUT2D eigenvalue weighted by Gasteiger charge is -2.32. The first-order chi connectivity index (χ1) is 13.1. The molecule has 0 aliphatic carbocycles. The minimum atomic E-state index is -1.11. The quantitative estimate of drug-likeness (QED) is 0.851. The SMILES string of the molecule is O=C(N[C@H](C(=O)O)c1ccccc1)C1CCCN(C(=O)c2ccccc2)C1. The Hall–Kier alpha value is -3.15. The predicted octanol–water partition coefficient (Wildman–Crippen LogP) is 2.48. The summed E-state index contributed by atoms with van der Waals surface area (Å²) in [5, 5.41) is 12.1. The molecule has 2 atom stereocenters. The van der Waals surface area contributed by atoms with Gasteiger partial charge in [-0.2, -0.15) is 0 Å². The van der Waals surface area contributed by atoms with Crippen LogP contribution in [-0.2, 0) is 9.59 Å². The van der Waals surface area contributed by atoms with E-state index in [0.29, 0.717) is 37.1 Å². The Morgan fingerprint density at radius 2 is 1.63 bits per heavy atom. The molecular formula is C21H22N2O4. The summed E-state index contributed by atoms with van der Waals surface area (Å²) >= 11 is 0. The number of hydrogen-bond donors (Lipinski definition) is 2. The molecule has 6 nitrogen and oxygen atoms in total. The maximum atomic E-state index is 12.7. The van der Waals surface area contributed by atoms with Gasteiger partial charge in [-0.05, 0) is 30.5 Å². The van der Waals surface area contributed by atoms with Gasteiger partial charge in [-0.25, -0.2) is 4.79 Å². The van der Waals surface area contributed by atoms with Gasteiger partial charge < -0.3 is 15.3 Å². The molecule has 2 aromatic carbocycles. The molecule has 27 heavy (non-hydrogen) atoms. The smallest absolute Gasteiger partial charge is 0.330 e. The van der Waals surface area contributed by atoms with E-state index >= 15 is 0 Å². The van der Waals surface area contributed by atoms with Crippen LogP contribution in [0.1, 0.15) is 34.8 Å². The summed E-state index contributed by atoms with van der Waals surface area (Å²) in [5.74, 6) is -1.97. The third-order valence-electron chi connectivity index (χ3n) is 4.77. The first-order valence-corrected chi connectivity index (χ1v) is 8.98. The number of nitrogens with zero attached hydrogens (tertiary/aromatic N) is 1. The van der Waals surface area contributed by atoms with Crippen molar-refractivity contribution in [3.05, 3.63) is 71.8 Å². The minimum Gasteiger partial charge on any atom is -0.479 e. The number of hydrogen-bond acceptors (Lipinski definition) is 3. The Labute approximate surface area is 157 Å². The van der Waals surface area contributed by atoms with Gasteiger partial charge in [-0.3, -0.25) is 9.59 Å². The Morgan fingerprint density at radius 3 is 2.26 bits per heavy atom. The van der Waals surface area contributed by atoms with Gasteiger partial charge in [0.2, 0.25) is 5.91 Å². The Balaban J connectivity index is 1.67. The van der Waals surface area contributed by atoms with E-state index in [9.17, 15) is 19.5 Å². The molecule has 1 heterocycles. The summed E-state index contributed by atoms with van der Waals surface area (Å²) in [5.41, 5.74) is 1.11. The van der Waals surface area contributed by atoms with E-state index in [1.165, 1.54) is 0 Å². The van der Waals surface area contributed by atoms with Crippen LogP contribution in [0.5, 0.6) is 0 Å². The molecule has 2 N–H and O–H groups in total. The van der Waals surface area contributed by atoms with Crippen molar-refractivity contribution in [2.24, 2.45) is 5.92 Å². The Morgan fingerprint density at radius 1 is 1.00 bits per heavy atom. The molecule has 2 amide bonds. The summed E-state index contributed by atoms with van der Waals surface area (Å²) in [6, 6.07) is 16.5. The molecule has 1 aliphatic rings. The predicted molar refractivity (Wildman–Crippen MR) is 100 cm³/mol. The van der Waals surface area contributed by atoms with Crippen LogP contribution in [0.2, 0.25) is 0 Å². The molecule has 0 aromatic heterocycles. The van der Waals surface area contributed by atoms with Crippen LogP contribution >= 0.6 is 0 Å². The lowest BCUT2D eigenvalue weighted by molar-refractivity contribution is -0.143. The summed E-state index contributed by atoms with van der Waals surface area (Å²) in [6.45, 7) is 0.888. The van der Waals surface area contributed by atoms with Gasteiger partial charge in [-0.1, -0.05) is 48.5 Å². The lowest BCUT2D eigenvalue weighted by Crippen LogP contribution is -2.47. The highest BCUT2D eigenvalue weighted by Gasteiger charge is 2.31. The molecule has 0 radical (unpaired) electrons. The largest absolute Gasteiger partial charge is 0.479 e. The zero-order valence-corrected chi connectivity index (χ0v) is 14.9. The molecule has 140 valence electrons. The minimum absolute atomic E-state index is 0.106. The third-order valence-corrected chi connectivity index (χ3v) is 4.77. The van der Waals surface area contributed by atoms with E-state index in [2.05, 4.69) is 5.32 Å². The molecule has 0 bridgehead atoms. The van der Waals surface area contributed by atoms with E-state index in [0.717, 1.165) is 0 Å². The second-order valence-electron chi connectivity index (χ2n) is 6.65. The zero-order chi connectivity index (χ0) is 19.2. The normalized spacial score (nSPS) is 17.8. The number of aliphatic carboxylic acids is 1. The van der Waals surface area contributed by atoms with Crippen LogP contribution in [0, 0.1) is 5.92 Å². The van der Waals surface area contributed by atoms with Gasteiger partial charge in [0, 0.05) is 18.7 Å². The average molecular weight is 366 g/mol. The van der Waals surface area contributed by atoms with E-state index in [-0.39, 0.29) is 11.8 Å². The molecule has 1 fully saturated rings. The topological polar surface area (TPSA) is 86.7 Å². The fraction of sp³-hybridized carbons (Fsp3) is 0.286. The van der Waals surface area contributed by atoms with Crippen molar-refractivity contribution in [2.75, 3.05) is 13.1 Å². The summed E-state index contributed by atoms with van der Waals surface area (Å²) in [4.78, 5) is 38.6. The van der Waals surface area contributed by atoms with E-state index < -0.39 is 17.9 Å². The van der Waals surface area contributed by atoms with Crippen LogP contribution < -0.4 is 5.32 Å². The molecule has 0 spiro atoms. The maximum absolute atomic E-state index is 12.7. The number of benzene rings is 2. The van der Waals surface area contributed by atoms with Crippen LogP contribution in [0.25, 0.3) is 0 Å². The molecule has 1 unspecified atom stereocenters. The number of rotatable bonds is 5. The molecular weight excluding hydrogens is 344 g/mol. The van der Waals surface area contributed by atoms with Crippen molar-refractivity contribution in [2.45, 2.75) is 18.9 Å². The van der Waals surface area contributed by atoms with Crippen LogP contribution in [0.4, 0.5) is 0 Å². The van der Waals surface area contributed by atoms with Crippen molar-refractivity contribution < 1.29 is 19.5 Å². The number of piperidine rings is 1. The second-order valence-corrected chi connectivity index (χ2v) is 6.65. The van der Waals surface area contributed by atoms with Crippen LogP contribution in [-0.4, -0.2) is 40.9 Å². The summed E-state index contributed by atoms with van der Waals surface area (Å²) in [7, 11) is 0. The standard InChI is InChI=1S/C21H22N2O4/c24-19(22-18(21(26)27)15-8-3-1-4-9-15)17-12-7-13-23(14-17)20(25)16-10-5-2-6-11-16/h1-6,8-11,17-18H,7,12-14H2,(H,22,24)(H,26,27)/t17?,18-/m0/s1. The molecule has 1 saturated heterocycles. The highest BCUT2D eigenvalue weighted by atomic mass is 16.4. The summed E-state index contributed by atoms with van der Waals surface area (Å²) < 4.78 is 0. The van der Waals surface area contributed by atoms with Crippen molar-refractivity contribution in [1.29, 1.82) is 0 Å². The van der Waals surface area contributed by atoms with Gasteiger partial charge in [0.05, 0.1) is 5.92 Å². The first kappa shape index (κ1) is 18.6. The fourth-order valence-electron chi connectivity index (χ4n) is 3.33. The summed E-state index contributed by atoms with van der Waals surface area (Å²) in [6.07, 6.45) is 1.34. The Kier molecular flexibility index (Phi) is 5.86. The van der Waals surface area contributed by atoms with E-state index in [1.54, 1.807) is 59.5 Å². The number of carboxylic acids is 1. The first-order valence-electron chi connectivity index (χ1n) is 8.98. The highest BCUT2D eigenvalue weighted by Crippen LogP contribution is 2.21. The monoisotopic (exact) mass is 366 g/mol. The van der Waals surface area contributed by atoms with Crippen LogP contribution in [0.15, 0.2) is 60.7 Å². The fourth-order valence-corrected chi connectivity index (χ4v) is 3.33. The zero-order valence-electron chi connectivity index (χ0n) is 14.9. The molecule has 1 aliphatic heterocycles. The number of amides is 2. The van der Waals surface area contributed by atoms with Gasteiger partial charge in [0.1, 0.15) is 0 Å². The second kappa shape index (κ2) is 8.49. The Bertz CT molecular complexity index is 807.